The van der Waals surface area contributed by atoms with Crippen LogP contribution in [0.2, 0.25) is 0 Å². The molecule has 4 nitrogen and oxygen atoms in total. The zero-order chi connectivity index (χ0) is 11.8. The Kier molecular flexibility index (Phi) is 2.29. The molecule has 0 atom stereocenters. The summed E-state index contributed by atoms with van der Waals surface area (Å²) in [6.07, 6.45) is 1.84. The third-order valence-corrected chi connectivity index (χ3v) is 3.25. The topological polar surface area (TPSA) is 42.7 Å². The summed E-state index contributed by atoms with van der Waals surface area (Å²) in [5.74, 6) is 0.458. The quantitative estimate of drug-likeness (QED) is 0.758. The molecule has 0 radical (unpaired) electrons. The van der Waals surface area contributed by atoms with E-state index in [2.05, 4.69) is 15.4 Å². The van der Waals surface area contributed by atoms with Crippen LogP contribution in [-0.2, 0) is 7.05 Å². The smallest absolute Gasteiger partial charge is 0.189 e. The van der Waals surface area contributed by atoms with Gasteiger partial charge in [-0.3, -0.25) is 4.68 Å². The van der Waals surface area contributed by atoms with Crippen LogP contribution in [0.15, 0.2) is 30.5 Å². The van der Waals surface area contributed by atoms with Crippen molar-refractivity contribution in [1.29, 1.82) is 0 Å². The first-order chi connectivity index (χ1) is 8.20. The van der Waals surface area contributed by atoms with E-state index in [0.717, 1.165) is 10.5 Å². The fraction of sp³-hybridized carbons (Fsp3) is 0.0909. The Bertz CT molecular complexity index is 673. The molecular weight excluding hydrogens is 239 g/mol. The number of thiazole rings is 1. The van der Waals surface area contributed by atoms with Crippen LogP contribution in [0.3, 0.4) is 0 Å². The molecule has 0 aliphatic rings. The molecule has 0 amide bonds. The van der Waals surface area contributed by atoms with Gasteiger partial charge in [-0.1, -0.05) is 11.3 Å². The number of fused-ring (bicyclic) bond motifs is 1. The van der Waals surface area contributed by atoms with Gasteiger partial charge in [0.15, 0.2) is 10.9 Å². The average Bonchev–Trinajstić information content (AvgIpc) is 2.84. The van der Waals surface area contributed by atoms with Crippen LogP contribution in [0.4, 0.5) is 15.3 Å². The number of hydrogen-bond donors (Lipinski definition) is 1. The van der Waals surface area contributed by atoms with Crippen LogP contribution < -0.4 is 5.32 Å². The Labute approximate surface area is 101 Å². The molecule has 0 fully saturated rings. The predicted octanol–water partition coefficient (Wildman–Crippen LogP) is 2.91. The molecule has 0 aliphatic carbocycles. The lowest BCUT2D eigenvalue weighted by Gasteiger charge is -1.94. The van der Waals surface area contributed by atoms with Crippen molar-refractivity contribution in [3.05, 3.63) is 36.3 Å². The number of aromatic nitrogens is 3. The molecule has 0 saturated heterocycles. The largest absolute Gasteiger partial charge is 0.315 e. The van der Waals surface area contributed by atoms with Crippen molar-refractivity contribution >= 4 is 32.5 Å². The van der Waals surface area contributed by atoms with Gasteiger partial charge in [0.2, 0.25) is 0 Å². The first kappa shape index (κ1) is 10.2. The zero-order valence-corrected chi connectivity index (χ0v) is 9.83. The number of anilines is 2. The zero-order valence-electron chi connectivity index (χ0n) is 9.01. The summed E-state index contributed by atoms with van der Waals surface area (Å²) in [6, 6.07) is 6.44. The van der Waals surface area contributed by atoms with Crippen LogP contribution in [-0.4, -0.2) is 14.8 Å². The molecule has 0 spiro atoms. The Morgan fingerprint density at radius 3 is 3.00 bits per heavy atom. The van der Waals surface area contributed by atoms with Gasteiger partial charge in [0.05, 0.1) is 10.2 Å². The van der Waals surface area contributed by atoms with E-state index < -0.39 is 0 Å². The van der Waals surface area contributed by atoms with Gasteiger partial charge in [-0.2, -0.15) is 5.10 Å². The van der Waals surface area contributed by atoms with Gasteiger partial charge in [0.25, 0.3) is 0 Å². The van der Waals surface area contributed by atoms with Crippen molar-refractivity contribution < 1.29 is 4.39 Å². The monoisotopic (exact) mass is 248 g/mol. The summed E-state index contributed by atoms with van der Waals surface area (Å²) in [7, 11) is 1.85. The summed E-state index contributed by atoms with van der Waals surface area (Å²) in [5.41, 5.74) is 0.661. The normalized spacial score (nSPS) is 10.9. The van der Waals surface area contributed by atoms with Gasteiger partial charge in [0.1, 0.15) is 5.82 Å². The first-order valence-corrected chi connectivity index (χ1v) is 5.85. The third-order valence-electron chi connectivity index (χ3n) is 2.30. The lowest BCUT2D eigenvalue weighted by molar-refractivity contribution is 0.629. The highest BCUT2D eigenvalue weighted by Crippen LogP contribution is 2.28. The molecule has 1 aromatic carbocycles. The van der Waals surface area contributed by atoms with E-state index in [4.69, 9.17) is 0 Å². The average molecular weight is 248 g/mol. The van der Waals surface area contributed by atoms with Crippen LogP contribution in [0.5, 0.6) is 0 Å². The molecule has 0 saturated carbocycles. The van der Waals surface area contributed by atoms with E-state index in [0.29, 0.717) is 10.6 Å². The standard InChI is InChI=1S/C11H9FN4S/c1-16-5-4-10(15-16)14-11-13-8-6-7(12)2-3-9(8)17-11/h2-6H,1H3,(H,13,14,15). The SMILES string of the molecule is Cn1ccc(Nc2nc3cc(F)ccc3s2)n1. The minimum Gasteiger partial charge on any atom is -0.315 e. The van der Waals surface area contributed by atoms with E-state index in [1.807, 2.05) is 19.3 Å². The van der Waals surface area contributed by atoms with Gasteiger partial charge in [0, 0.05) is 25.4 Å². The molecule has 86 valence electrons. The molecular formula is C11H9FN4S. The van der Waals surface area contributed by atoms with Crippen LogP contribution in [0.1, 0.15) is 0 Å². The minimum atomic E-state index is -0.271. The van der Waals surface area contributed by atoms with Gasteiger partial charge < -0.3 is 5.32 Å². The molecule has 6 heteroatoms. The Balaban J connectivity index is 1.95. The summed E-state index contributed by atoms with van der Waals surface area (Å²) in [5, 5.41) is 7.99. The number of benzene rings is 1. The first-order valence-electron chi connectivity index (χ1n) is 5.03. The lowest BCUT2D eigenvalue weighted by atomic mass is 10.3. The van der Waals surface area contributed by atoms with E-state index >= 15 is 0 Å². The van der Waals surface area contributed by atoms with Crippen LogP contribution in [0.25, 0.3) is 10.2 Å². The van der Waals surface area contributed by atoms with Gasteiger partial charge >= 0.3 is 0 Å². The van der Waals surface area contributed by atoms with Gasteiger partial charge in [-0.15, -0.1) is 0 Å². The van der Waals surface area contributed by atoms with Crippen molar-refractivity contribution in [2.24, 2.45) is 7.05 Å². The summed E-state index contributed by atoms with van der Waals surface area (Å²) in [4.78, 5) is 4.30. The summed E-state index contributed by atoms with van der Waals surface area (Å²) < 4.78 is 15.7. The van der Waals surface area contributed by atoms with Crippen molar-refractivity contribution in [2.45, 2.75) is 0 Å². The van der Waals surface area contributed by atoms with E-state index in [9.17, 15) is 4.39 Å². The molecule has 17 heavy (non-hydrogen) atoms. The fourth-order valence-electron chi connectivity index (χ4n) is 1.55. The van der Waals surface area contributed by atoms with Crippen molar-refractivity contribution in [1.82, 2.24) is 14.8 Å². The highest BCUT2D eigenvalue weighted by Gasteiger charge is 2.06. The van der Waals surface area contributed by atoms with Crippen molar-refractivity contribution in [3.8, 4) is 0 Å². The highest BCUT2D eigenvalue weighted by atomic mass is 32.1. The Morgan fingerprint density at radius 2 is 2.24 bits per heavy atom. The van der Waals surface area contributed by atoms with Gasteiger partial charge in [-0.05, 0) is 12.1 Å². The second-order valence-electron chi connectivity index (χ2n) is 3.63. The summed E-state index contributed by atoms with van der Waals surface area (Å²) in [6.45, 7) is 0. The van der Waals surface area contributed by atoms with E-state index in [-0.39, 0.29) is 5.82 Å². The molecule has 0 unspecified atom stereocenters. The third kappa shape index (κ3) is 1.99. The number of nitrogens with one attached hydrogen (secondary N) is 1. The molecule has 1 N–H and O–H groups in total. The van der Waals surface area contributed by atoms with Crippen molar-refractivity contribution in [2.75, 3.05) is 5.32 Å². The van der Waals surface area contributed by atoms with E-state index in [1.54, 1.807) is 10.7 Å². The molecule has 0 aliphatic heterocycles. The number of aryl methyl sites for hydroxylation is 1. The number of rotatable bonds is 2. The molecule has 0 bridgehead atoms. The van der Waals surface area contributed by atoms with Crippen LogP contribution in [0, 0.1) is 5.82 Å². The van der Waals surface area contributed by atoms with Crippen molar-refractivity contribution in [3.63, 3.8) is 0 Å². The maximum atomic E-state index is 13.0. The maximum Gasteiger partial charge on any atom is 0.189 e. The van der Waals surface area contributed by atoms with E-state index in [1.165, 1.54) is 23.5 Å². The number of halogens is 1. The fourth-order valence-corrected chi connectivity index (χ4v) is 2.40. The second kappa shape index (κ2) is 3.81. The minimum absolute atomic E-state index is 0.271. The molecule has 2 heterocycles. The molecule has 3 rings (SSSR count). The number of hydrogen-bond acceptors (Lipinski definition) is 4. The van der Waals surface area contributed by atoms with Crippen LogP contribution >= 0.6 is 11.3 Å². The number of nitrogens with zero attached hydrogens (tertiary/aromatic N) is 3. The Morgan fingerprint density at radius 1 is 1.35 bits per heavy atom. The maximum absolute atomic E-state index is 13.0. The molecule has 3 aromatic rings. The lowest BCUT2D eigenvalue weighted by Crippen LogP contribution is -1.92. The van der Waals surface area contributed by atoms with Gasteiger partial charge in [-0.25, -0.2) is 9.37 Å². The predicted molar refractivity (Wildman–Crippen MR) is 66.1 cm³/mol. The second-order valence-corrected chi connectivity index (χ2v) is 4.66. The summed E-state index contributed by atoms with van der Waals surface area (Å²) >= 11 is 1.47. The Hall–Kier alpha value is -1.95. The highest BCUT2D eigenvalue weighted by molar-refractivity contribution is 7.22. The molecule has 2 aromatic heterocycles.